The van der Waals surface area contributed by atoms with Gasteiger partial charge in [0, 0.05) is 19.1 Å². The van der Waals surface area contributed by atoms with E-state index in [1.807, 2.05) is 30.3 Å². The Labute approximate surface area is 128 Å². The van der Waals surface area contributed by atoms with Gasteiger partial charge in [-0.2, -0.15) is 4.31 Å². The summed E-state index contributed by atoms with van der Waals surface area (Å²) in [6, 6.07) is 9.73. The normalized spacial score (nSPS) is 19.5. The molecule has 118 valence electrons. The molecule has 1 atom stereocenters. The summed E-state index contributed by atoms with van der Waals surface area (Å²) in [5, 5.41) is 3.39. The van der Waals surface area contributed by atoms with Crippen LogP contribution in [0.2, 0.25) is 0 Å². The molecule has 0 aliphatic carbocycles. The van der Waals surface area contributed by atoms with E-state index in [4.69, 9.17) is 0 Å². The third-order valence-electron chi connectivity index (χ3n) is 3.74. The summed E-state index contributed by atoms with van der Waals surface area (Å²) in [5.74, 6) is 0.421. The van der Waals surface area contributed by atoms with Crippen LogP contribution in [-0.2, 0) is 15.8 Å². The zero-order valence-corrected chi connectivity index (χ0v) is 13.8. The fourth-order valence-electron chi connectivity index (χ4n) is 2.74. The van der Waals surface area contributed by atoms with Gasteiger partial charge in [-0.3, -0.25) is 0 Å². The van der Waals surface area contributed by atoms with Gasteiger partial charge < -0.3 is 5.32 Å². The lowest BCUT2D eigenvalue weighted by Crippen LogP contribution is -2.43. The average Bonchev–Trinajstić information content (AvgIpc) is 2.91. The van der Waals surface area contributed by atoms with Crippen LogP contribution in [0, 0.1) is 5.92 Å². The van der Waals surface area contributed by atoms with Gasteiger partial charge in [-0.15, -0.1) is 0 Å². The van der Waals surface area contributed by atoms with E-state index in [0.717, 1.165) is 24.9 Å². The van der Waals surface area contributed by atoms with Crippen LogP contribution in [0.25, 0.3) is 0 Å². The highest BCUT2D eigenvalue weighted by Gasteiger charge is 2.27. The van der Waals surface area contributed by atoms with Gasteiger partial charge in [0.2, 0.25) is 10.0 Å². The van der Waals surface area contributed by atoms with Crippen molar-refractivity contribution in [1.82, 2.24) is 9.62 Å². The fourth-order valence-corrected chi connectivity index (χ4v) is 4.47. The number of hydrogen-bond donors (Lipinski definition) is 1. The Kier molecular flexibility index (Phi) is 5.79. The van der Waals surface area contributed by atoms with Crippen LogP contribution in [-0.4, -0.2) is 38.4 Å². The largest absolute Gasteiger partial charge is 0.313 e. The molecule has 4 nitrogen and oxygen atoms in total. The van der Waals surface area contributed by atoms with Gasteiger partial charge >= 0.3 is 0 Å². The molecule has 0 saturated carbocycles. The summed E-state index contributed by atoms with van der Waals surface area (Å²) in [5.41, 5.74) is 0.852. The summed E-state index contributed by atoms with van der Waals surface area (Å²) < 4.78 is 27.1. The SMILES string of the molecule is CC(C)CN(CC1CCCN1)S(=O)(=O)Cc1ccccc1. The minimum absolute atomic E-state index is 0.0906. The van der Waals surface area contributed by atoms with Crippen LogP contribution < -0.4 is 5.32 Å². The lowest BCUT2D eigenvalue weighted by atomic mass is 10.2. The maximum atomic E-state index is 12.7. The second-order valence-corrected chi connectivity index (χ2v) is 8.21. The molecule has 1 fully saturated rings. The summed E-state index contributed by atoms with van der Waals surface area (Å²) in [7, 11) is -3.26. The Morgan fingerprint density at radius 2 is 2.00 bits per heavy atom. The van der Waals surface area contributed by atoms with Gasteiger partial charge in [-0.25, -0.2) is 8.42 Å². The molecular formula is C16H26N2O2S. The van der Waals surface area contributed by atoms with Crippen molar-refractivity contribution >= 4 is 10.0 Å². The van der Waals surface area contributed by atoms with E-state index in [1.54, 1.807) is 4.31 Å². The first-order valence-corrected chi connectivity index (χ1v) is 9.33. The van der Waals surface area contributed by atoms with Crippen LogP contribution in [0.1, 0.15) is 32.3 Å². The van der Waals surface area contributed by atoms with Gasteiger partial charge in [0.25, 0.3) is 0 Å². The highest BCUT2D eigenvalue weighted by Crippen LogP contribution is 2.16. The number of hydrogen-bond acceptors (Lipinski definition) is 3. The number of nitrogens with one attached hydrogen (secondary N) is 1. The van der Waals surface area contributed by atoms with Crippen molar-refractivity contribution in [2.75, 3.05) is 19.6 Å². The molecule has 2 rings (SSSR count). The number of rotatable bonds is 7. The monoisotopic (exact) mass is 310 g/mol. The van der Waals surface area contributed by atoms with Crippen molar-refractivity contribution in [3.63, 3.8) is 0 Å². The predicted molar refractivity (Wildman–Crippen MR) is 86.5 cm³/mol. The van der Waals surface area contributed by atoms with Gasteiger partial charge in [0.1, 0.15) is 0 Å². The molecule has 1 heterocycles. The van der Waals surface area contributed by atoms with E-state index in [1.165, 1.54) is 0 Å². The van der Waals surface area contributed by atoms with Gasteiger partial charge in [0.15, 0.2) is 0 Å². The average molecular weight is 310 g/mol. The predicted octanol–water partition coefficient (Wildman–Crippen LogP) is 2.23. The summed E-state index contributed by atoms with van der Waals surface area (Å²) in [4.78, 5) is 0. The Hall–Kier alpha value is -0.910. The minimum Gasteiger partial charge on any atom is -0.313 e. The molecule has 0 bridgehead atoms. The van der Waals surface area contributed by atoms with Crippen molar-refractivity contribution in [2.45, 2.75) is 38.5 Å². The number of benzene rings is 1. The smallest absolute Gasteiger partial charge is 0.218 e. The van der Waals surface area contributed by atoms with Crippen molar-refractivity contribution in [2.24, 2.45) is 5.92 Å². The van der Waals surface area contributed by atoms with Crippen molar-refractivity contribution < 1.29 is 8.42 Å². The van der Waals surface area contributed by atoms with Crippen molar-refractivity contribution in [1.29, 1.82) is 0 Å². The second-order valence-electron chi connectivity index (χ2n) is 6.25. The molecule has 1 aliphatic heterocycles. The highest BCUT2D eigenvalue weighted by molar-refractivity contribution is 7.88. The summed E-state index contributed by atoms with van der Waals surface area (Å²) in [6.07, 6.45) is 2.20. The van der Waals surface area contributed by atoms with E-state index in [-0.39, 0.29) is 5.75 Å². The van der Waals surface area contributed by atoms with Gasteiger partial charge in [-0.05, 0) is 30.9 Å². The van der Waals surface area contributed by atoms with E-state index >= 15 is 0 Å². The van der Waals surface area contributed by atoms with Gasteiger partial charge in [-0.1, -0.05) is 44.2 Å². The first-order valence-electron chi connectivity index (χ1n) is 7.72. The molecule has 1 aromatic rings. The van der Waals surface area contributed by atoms with E-state index in [0.29, 0.717) is 25.0 Å². The maximum Gasteiger partial charge on any atom is 0.218 e. The van der Waals surface area contributed by atoms with Crippen LogP contribution in [0.5, 0.6) is 0 Å². The first kappa shape index (κ1) is 16.5. The summed E-state index contributed by atoms with van der Waals surface area (Å²) in [6.45, 7) is 6.31. The fraction of sp³-hybridized carbons (Fsp3) is 0.625. The molecule has 1 N–H and O–H groups in total. The lowest BCUT2D eigenvalue weighted by molar-refractivity contribution is 0.336. The van der Waals surface area contributed by atoms with Gasteiger partial charge in [0.05, 0.1) is 5.75 Å². The Bertz CT molecular complexity index is 522. The Morgan fingerprint density at radius 1 is 1.29 bits per heavy atom. The topological polar surface area (TPSA) is 49.4 Å². The van der Waals surface area contributed by atoms with Crippen molar-refractivity contribution in [3.05, 3.63) is 35.9 Å². The zero-order chi connectivity index (χ0) is 15.3. The molecule has 5 heteroatoms. The number of nitrogens with zero attached hydrogens (tertiary/aromatic N) is 1. The second kappa shape index (κ2) is 7.38. The molecule has 1 saturated heterocycles. The molecule has 0 radical (unpaired) electrons. The minimum atomic E-state index is -3.26. The van der Waals surface area contributed by atoms with Crippen molar-refractivity contribution in [3.8, 4) is 0 Å². The van der Waals surface area contributed by atoms with E-state index in [2.05, 4.69) is 19.2 Å². The van der Waals surface area contributed by atoms with Crippen LogP contribution in [0.4, 0.5) is 0 Å². The van der Waals surface area contributed by atoms with E-state index < -0.39 is 10.0 Å². The molecule has 21 heavy (non-hydrogen) atoms. The highest BCUT2D eigenvalue weighted by atomic mass is 32.2. The number of sulfonamides is 1. The molecule has 0 aromatic heterocycles. The molecule has 0 amide bonds. The maximum absolute atomic E-state index is 12.7. The van der Waals surface area contributed by atoms with E-state index in [9.17, 15) is 8.42 Å². The first-order chi connectivity index (χ1) is 9.97. The van der Waals surface area contributed by atoms with Crippen LogP contribution in [0.15, 0.2) is 30.3 Å². The molecule has 0 spiro atoms. The standard InChI is InChI=1S/C16H26N2O2S/c1-14(2)11-18(12-16-9-6-10-17-16)21(19,20)13-15-7-4-3-5-8-15/h3-5,7-8,14,16-17H,6,9-13H2,1-2H3. The third kappa shape index (κ3) is 5.09. The summed E-state index contributed by atoms with van der Waals surface area (Å²) >= 11 is 0. The Morgan fingerprint density at radius 3 is 2.57 bits per heavy atom. The Balaban J connectivity index is 2.09. The molecule has 1 aromatic carbocycles. The molecular weight excluding hydrogens is 284 g/mol. The molecule has 1 unspecified atom stereocenters. The zero-order valence-electron chi connectivity index (χ0n) is 13.0. The quantitative estimate of drug-likeness (QED) is 0.840. The molecule has 1 aliphatic rings. The van der Waals surface area contributed by atoms with Crippen LogP contribution >= 0.6 is 0 Å². The van der Waals surface area contributed by atoms with Crippen LogP contribution in [0.3, 0.4) is 0 Å². The third-order valence-corrected chi connectivity index (χ3v) is 5.52. The lowest BCUT2D eigenvalue weighted by Gasteiger charge is -2.26.